The zero-order valence-electron chi connectivity index (χ0n) is 9.00. The van der Waals surface area contributed by atoms with Gasteiger partial charge in [-0.25, -0.2) is 8.42 Å². The van der Waals surface area contributed by atoms with Gasteiger partial charge in [0.05, 0.1) is 36.4 Å². The summed E-state index contributed by atoms with van der Waals surface area (Å²) in [6.45, 7) is 0.523. The zero-order valence-corrected chi connectivity index (χ0v) is 10.6. The summed E-state index contributed by atoms with van der Waals surface area (Å²) in [4.78, 5) is 1.91. The van der Waals surface area contributed by atoms with Gasteiger partial charge in [-0.15, -0.1) is 0 Å². The van der Waals surface area contributed by atoms with E-state index in [1.54, 1.807) is 6.26 Å². The summed E-state index contributed by atoms with van der Waals surface area (Å²) >= 11 is 5.22. The van der Waals surface area contributed by atoms with Crippen molar-refractivity contribution in [3.63, 3.8) is 0 Å². The van der Waals surface area contributed by atoms with Crippen LogP contribution in [0.1, 0.15) is 5.76 Å². The lowest BCUT2D eigenvalue weighted by Gasteiger charge is -2.21. The minimum atomic E-state index is -2.94. The molecule has 0 amide bonds. The summed E-state index contributed by atoms with van der Waals surface area (Å²) in [6.07, 6.45) is 1.60. The van der Waals surface area contributed by atoms with Crippen LogP contribution in [0.3, 0.4) is 0 Å². The van der Waals surface area contributed by atoms with E-state index in [1.165, 1.54) is 0 Å². The van der Waals surface area contributed by atoms with Crippen molar-refractivity contribution in [1.29, 1.82) is 0 Å². The Morgan fingerprint density at radius 1 is 1.53 bits per heavy atom. The Hall–Kier alpha value is -1.08. The molecule has 2 aliphatic rings. The highest BCUT2D eigenvalue weighted by atomic mass is 32.2. The number of nitrogens with one attached hydrogen (secondary N) is 1. The number of hydrogen-bond acceptors (Lipinski definition) is 4. The van der Waals surface area contributed by atoms with Crippen molar-refractivity contribution >= 4 is 27.2 Å². The van der Waals surface area contributed by atoms with E-state index < -0.39 is 9.84 Å². The molecule has 0 aliphatic carbocycles. The minimum Gasteiger partial charge on any atom is -0.467 e. The number of nitrogens with zero attached hydrogens (tertiary/aromatic N) is 1. The first-order chi connectivity index (χ1) is 8.05. The van der Waals surface area contributed by atoms with Crippen LogP contribution in [0, 0.1) is 0 Å². The zero-order chi connectivity index (χ0) is 12.0. The summed E-state index contributed by atoms with van der Waals surface area (Å²) < 4.78 is 28.4. The molecule has 0 spiro atoms. The fourth-order valence-electron chi connectivity index (χ4n) is 2.43. The average molecular weight is 272 g/mol. The SMILES string of the molecule is O=S1(=O)C[C@@H]2NC(=S)N(Cc3ccco3)[C@@H]2C1. The molecule has 0 bridgehead atoms. The molecule has 7 heteroatoms. The standard InChI is InChI=1S/C10H12N2O3S2/c13-17(14)5-8-9(6-17)12(10(16)11-8)4-7-2-1-3-15-7/h1-3,8-9H,4-6H2,(H,11,16)/t8-,9+/m0/s1. The van der Waals surface area contributed by atoms with Crippen LogP contribution in [0.4, 0.5) is 0 Å². The van der Waals surface area contributed by atoms with E-state index in [4.69, 9.17) is 16.6 Å². The van der Waals surface area contributed by atoms with Gasteiger partial charge in [-0.05, 0) is 24.4 Å². The predicted molar refractivity (Wildman–Crippen MR) is 66.2 cm³/mol. The maximum absolute atomic E-state index is 11.6. The van der Waals surface area contributed by atoms with Gasteiger partial charge in [0.25, 0.3) is 0 Å². The summed E-state index contributed by atoms with van der Waals surface area (Å²) in [5.41, 5.74) is 0. The van der Waals surface area contributed by atoms with Gasteiger partial charge in [-0.1, -0.05) is 0 Å². The van der Waals surface area contributed by atoms with E-state index in [2.05, 4.69) is 5.32 Å². The monoisotopic (exact) mass is 272 g/mol. The molecule has 0 radical (unpaired) electrons. The van der Waals surface area contributed by atoms with Gasteiger partial charge in [0.2, 0.25) is 0 Å². The maximum atomic E-state index is 11.6. The van der Waals surface area contributed by atoms with Gasteiger partial charge in [0.1, 0.15) is 5.76 Å². The van der Waals surface area contributed by atoms with Crippen molar-refractivity contribution in [3.05, 3.63) is 24.2 Å². The smallest absolute Gasteiger partial charge is 0.170 e. The molecule has 0 unspecified atom stereocenters. The minimum absolute atomic E-state index is 0.0578. The Bertz CT molecular complexity index is 538. The topological polar surface area (TPSA) is 62.6 Å². The molecule has 0 saturated carbocycles. The molecule has 3 rings (SSSR count). The second kappa shape index (κ2) is 3.71. The second-order valence-corrected chi connectivity index (χ2v) is 6.95. The van der Waals surface area contributed by atoms with Crippen LogP contribution in [-0.2, 0) is 16.4 Å². The maximum Gasteiger partial charge on any atom is 0.170 e. The first-order valence-corrected chi connectivity index (χ1v) is 7.58. The van der Waals surface area contributed by atoms with Gasteiger partial charge in [-0.2, -0.15) is 0 Å². The van der Waals surface area contributed by atoms with Crippen LogP contribution in [-0.4, -0.2) is 42.0 Å². The van der Waals surface area contributed by atoms with Crippen LogP contribution in [0.2, 0.25) is 0 Å². The third kappa shape index (κ3) is 1.93. The van der Waals surface area contributed by atoms with Crippen molar-refractivity contribution in [2.24, 2.45) is 0 Å². The van der Waals surface area contributed by atoms with Gasteiger partial charge < -0.3 is 14.6 Å². The summed E-state index contributed by atoms with van der Waals surface area (Å²) in [5.74, 6) is 1.14. The molecule has 2 atom stereocenters. The largest absolute Gasteiger partial charge is 0.467 e. The van der Waals surface area contributed by atoms with Gasteiger partial charge in [0, 0.05) is 0 Å². The van der Waals surface area contributed by atoms with E-state index in [-0.39, 0.29) is 23.6 Å². The summed E-state index contributed by atoms with van der Waals surface area (Å²) in [5, 5.41) is 3.69. The predicted octanol–water partition coefficient (Wildman–Crippen LogP) is 0.135. The summed E-state index contributed by atoms with van der Waals surface area (Å²) in [6, 6.07) is 3.55. The van der Waals surface area contributed by atoms with Gasteiger partial charge in [0.15, 0.2) is 14.9 Å². The fourth-order valence-corrected chi connectivity index (χ4v) is 4.70. The molecule has 17 heavy (non-hydrogen) atoms. The van der Waals surface area contributed by atoms with Crippen LogP contribution in [0.5, 0.6) is 0 Å². The highest BCUT2D eigenvalue weighted by Crippen LogP contribution is 2.25. The second-order valence-electron chi connectivity index (χ2n) is 4.41. The Morgan fingerprint density at radius 2 is 2.35 bits per heavy atom. The Labute approximate surface area is 105 Å². The van der Waals surface area contributed by atoms with Gasteiger partial charge >= 0.3 is 0 Å². The fraction of sp³-hybridized carbons (Fsp3) is 0.500. The van der Waals surface area contributed by atoms with Gasteiger partial charge in [-0.3, -0.25) is 0 Å². The van der Waals surface area contributed by atoms with Crippen molar-refractivity contribution in [3.8, 4) is 0 Å². The van der Waals surface area contributed by atoms with E-state index in [1.807, 2.05) is 17.0 Å². The lowest BCUT2D eigenvalue weighted by molar-refractivity contribution is 0.317. The first kappa shape index (κ1) is 11.0. The van der Waals surface area contributed by atoms with E-state index >= 15 is 0 Å². The highest BCUT2D eigenvalue weighted by Gasteiger charge is 2.47. The normalized spacial score (nSPS) is 30.4. The number of hydrogen-bond donors (Lipinski definition) is 1. The number of thiocarbonyl (C=S) groups is 1. The van der Waals surface area contributed by atoms with Crippen molar-refractivity contribution in [2.45, 2.75) is 18.6 Å². The summed E-state index contributed by atoms with van der Waals surface area (Å²) in [7, 11) is -2.94. The lowest BCUT2D eigenvalue weighted by atomic mass is 10.2. The molecule has 5 nitrogen and oxygen atoms in total. The van der Waals surface area contributed by atoms with Crippen LogP contribution in [0.25, 0.3) is 0 Å². The van der Waals surface area contributed by atoms with Crippen LogP contribution in [0.15, 0.2) is 22.8 Å². The Morgan fingerprint density at radius 3 is 3.06 bits per heavy atom. The molecule has 0 aromatic carbocycles. The highest BCUT2D eigenvalue weighted by molar-refractivity contribution is 7.91. The first-order valence-electron chi connectivity index (χ1n) is 5.35. The molecule has 1 aromatic heterocycles. The van der Waals surface area contributed by atoms with E-state index in [9.17, 15) is 8.42 Å². The van der Waals surface area contributed by atoms with Crippen LogP contribution >= 0.6 is 12.2 Å². The quantitative estimate of drug-likeness (QED) is 0.773. The number of furan rings is 1. The third-order valence-electron chi connectivity index (χ3n) is 3.20. The average Bonchev–Trinajstić information content (AvgIpc) is 2.87. The Kier molecular flexibility index (Phi) is 2.41. The lowest BCUT2D eigenvalue weighted by Crippen LogP contribution is -2.36. The Balaban J connectivity index is 1.82. The third-order valence-corrected chi connectivity index (χ3v) is 5.27. The van der Waals surface area contributed by atoms with Crippen molar-refractivity contribution in [2.75, 3.05) is 11.5 Å². The number of rotatable bonds is 2. The van der Waals surface area contributed by atoms with Crippen molar-refractivity contribution < 1.29 is 12.8 Å². The molecule has 3 heterocycles. The molecule has 2 aliphatic heterocycles. The number of fused-ring (bicyclic) bond motifs is 1. The number of sulfone groups is 1. The molecule has 92 valence electrons. The molecular weight excluding hydrogens is 260 g/mol. The van der Waals surface area contributed by atoms with Crippen molar-refractivity contribution in [1.82, 2.24) is 10.2 Å². The molecular formula is C10H12N2O3S2. The van der Waals surface area contributed by atoms with Crippen LogP contribution < -0.4 is 5.32 Å². The molecule has 2 saturated heterocycles. The molecule has 1 aromatic rings. The van der Waals surface area contributed by atoms with E-state index in [0.717, 1.165) is 5.76 Å². The molecule has 1 N–H and O–H groups in total. The molecule has 2 fully saturated rings. The van der Waals surface area contributed by atoms with E-state index in [0.29, 0.717) is 11.7 Å².